The molecule has 0 aromatic heterocycles. The van der Waals surface area contributed by atoms with Crippen LogP contribution in [0.5, 0.6) is 0 Å². The minimum absolute atomic E-state index is 0.0234. The number of allylic oxidation sites excluding steroid dienone is 1. The summed E-state index contributed by atoms with van der Waals surface area (Å²) in [4.78, 5) is 0.295. The zero-order valence-electron chi connectivity index (χ0n) is 20.7. The average molecular weight is 479 g/mol. The van der Waals surface area contributed by atoms with E-state index in [9.17, 15) is 8.42 Å². The lowest BCUT2D eigenvalue weighted by molar-refractivity contribution is -0.203. The van der Waals surface area contributed by atoms with Crippen LogP contribution in [0.3, 0.4) is 0 Å². The Morgan fingerprint density at radius 3 is 1.82 bits per heavy atom. The third-order valence-corrected chi connectivity index (χ3v) is 7.89. The molecular formula is C26H38O6S. The summed E-state index contributed by atoms with van der Waals surface area (Å²) >= 11 is 0. The zero-order valence-corrected chi connectivity index (χ0v) is 21.5. The van der Waals surface area contributed by atoms with Crippen molar-refractivity contribution < 1.29 is 27.4 Å². The molecule has 2 fully saturated rings. The minimum Gasteiger partial charge on any atom is -0.348 e. The SMILES string of the molecule is C/C(=C\CC(/C=C(\C)C1OCC(C)(C)CO1)S(=O)(=O)c1ccccc1)C1OCC(C)(C)CO1. The van der Waals surface area contributed by atoms with Crippen LogP contribution in [0.25, 0.3) is 0 Å². The second-order valence-corrected chi connectivity index (χ2v) is 12.9. The average Bonchev–Trinajstić information content (AvgIpc) is 2.76. The fraction of sp³-hybridized carbons (Fsp3) is 0.615. The summed E-state index contributed by atoms with van der Waals surface area (Å²) in [6.07, 6.45) is 2.98. The fourth-order valence-corrected chi connectivity index (χ4v) is 5.38. The number of rotatable bonds is 7. The van der Waals surface area contributed by atoms with E-state index in [1.165, 1.54) is 0 Å². The zero-order chi connectivity index (χ0) is 24.3. The van der Waals surface area contributed by atoms with Gasteiger partial charge in [0.1, 0.15) is 0 Å². The van der Waals surface area contributed by atoms with Crippen molar-refractivity contribution in [2.24, 2.45) is 10.8 Å². The van der Waals surface area contributed by atoms with Crippen molar-refractivity contribution in [1.82, 2.24) is 0 Å². The first-order valence-electron chi connectivity index (χ1n) is 11.5. The Labute approximate surface area is 198 Å². The van der Waals surface area contributed by atoms with E-state index in [0.29, 0.717) is 37.7 Å². The summed E-state index contributed by atoms with van der Waals surface area (Å²) in [6, 6.07) is 8.55. The molecule has 1 aromatic carbocycles. The molecule has 2 saturated heterocycles. The summed E-state index contributed by atoms with van der Waals surface area (Å²) in [5, 5.41) is -0.767. The Hall–Kier alpha value is -1.51. The van der Waals surface area contributed by atoms with Crippen LogP contribution in [0.2, 0.25) is 0 Å². The van der Waals surface area contributed by atoms with Gasteiger partial charge >= 0.3 is 0 Å². The summed E-state index contributed by atoms with van der Waals surface area (Å²) in [5.74, 6) is 0. The summed E-state index contributed by atoms with van der Waals surface area (Å²) in [5.41, 5.74) is 1.55. The molecule has 0 aliphatic carbocycles. The Balaban J connectivity index is 1.82. The van der Waals surface area contributed by atoms with Crippen molar-refractivity contribution in [2.75, 3.05) is 26.4 Å². The molecule has 0 N–H and O–H groups in total. The number of ether oxygens (including phenoxy) is 4. The monoisotopic (exact) mass is 478 g/mol. The highest BCUT2D eigenvalue weighted by Crippen LogP contribution is 2.29. The van der Waals surface area contributed by atoms with Crippen LogP contribution >= 0.6 is 0 Å². The molecule has 2 aliphatic rings. The van der Waals surface area contributed by atoms with E-state index in [1.807, 2.05) is 26.0 Å². The lowest BCUT2D eigenvalue weighted by Gasteiger charge is -2.35. The highest BCUT2D eigenvalue weighted by atomic mass is 32.2. The number of hydrogen-bond donors (Lipinski definition) is 0. The van der Waals surface area contributed by atoms with Crippen molar-refractivity contribution in [3.8, 4) is 0 Å². The molecule has 0 amide bonds. The van der Waals surface area contributed by atoms with Gasteiger partial charge in [-0.1, -0.05) is 58.0 Å². The molecule has 184 valence electrons. The van der Waals surface area contributed by atoms with Gasteiger partial charge in [-0.15, -0.1) is 0 Å². The van der Waals surface area contributed by atoms with Gasteiger partial charge in [0.2, 0.25) is 0 Å². The number of hydrogen-bond acceptors (Lipinski definition) is 6. The van der Waals surface area contributed by atoms with Crippen molar-refractivity contribution in [1.29, 1.82) is 0 Å². The van der Waals surface area contributed by atoms with Gasteiger partial charge in [0.25, 0.3) is 0 Å². The van der Waals surface area contributed by atoms with Gasteiger partial charge in [0.05, 0.1) is 36.6 Å². The standard InChI is InChI=1S/C26H38O6S/c1-19(23-29-15-25(3,4)16-30-23)12-13-22(33(27,28)21-10-8-7-9-11-21)14-20(2)24-31-17-26(5,6)18-32-24/h7-12,14,22-24H,13,15-18H2,1-6H3/b19-12+,20-14+. The maximum absolute atomic E-state index is 13.5. The van der Waals surface area contributed by atoms with Gasteiger partial charge in [-0.05, 0) is 43.5 Å². The lowest BCUT2D eigenvalue weighted by atomic mass is 9.95. The van der Waals surface area contributed by atoms with Gasteiger partial charge in [-0.3, -0.25) is 0 Å². The lowest BCUT2D eigenvalue weighted by Crippen LogP contribution is -2.38. The molecule has 0 radical (unpaired) electrons. The third kappa shape index (κ3) is 6.99. The first kappa shape index (κ1) is 26.1. The molecule has 2 heterocycles. The third-order valence-electron chi connectivity index (χ3n) is 5.84. The largest absolute Gasteiger partial charge is 0.348 e. The molecule has 0 saturated carbocycles. The van der Waals surface area contributed by atoms with E-state index >= 15 is 0 Å². The Morgan fingerprint density at radius 2 is 1.33 bits per heavy atom. The topological polar surface area (TPSA) is 71.1 Å². The van der Waals surface area contributed by atoms with Gasteiger partial charge in [0.15, 0.2) is 22.4 Å². The summed E-state index contributed by atoms with van der Waals surface area (Å²) in [6.45, 7) is 14.4. The molecule has 1 aromatic rings. The molecule has 7 heteroatoms. The van der Waals surface area contributed by atoms with E-state index in [4.69, 9.17) is 18.9 Å². The molecule has 0 bridgehead atoms. The molecule has 0 spiro atoms. The van der Waals surface area contributed by atoms with Crippen LogP contribution in [-0.2, 0) is 28.8 Å². The Bertz CT molecular complexity index is 942. The van der Waals surface area contributed by atoms with Crippen molar-refractivity contribution >= 4 is 9.84 Å². The first-order valence-corrected chi connectivity index (χ1v) is 13.0. The van der Waals surface area contributed by atoms with E-state index in [0.717, 1.165) is 11.1 Å². The van der Waals surface area contributed by atoms with Crippen LogP contribution in [0.4, 0.5) is 0 Å². The Morgan fingerprint density at radius 1 is 0.879 bits per heavy atom. The van der Waals surface area contributed by atoms with Crippen LogP contribution in [0, 0.1) is 10.8 Å². The van der Waals surface area contributed by atoms with Gasteiger partial charge < -0.3 is 18.9 Å². The highest BCUT2D eigenvalue weighted by Gasteiger charge is 2.32. The normalized spacial score (nSPS) is 23.9. The molecule has 2 aliphatic heterocycles. The highest BCUT2D eigenvalue weighted by molar-refractivity contribution is 7.92. The van der Waals surface area contributed by atoms with Gasteiger partial charge in [-0.2, -0.15) is 0 Å². The molecule has 3 rings (SSSR count). The van der Waals surface area contributed by atoms with Crippen LogP contribution in [-0.4, -0.2) is 52.7 Å². The predicted octanol–water partition coefficient (Wildman–Crippen LogP) is 4.91. The smallest absolute Gasteiger partial charge is 0.185 e. The fourth-order valence-electron chi connectivity index (χ4n) is 3.75. The maximum atomic E-state index is 13.5. The van der Waals surface area contributed by atoms with Gasteiger partial charge in [-0.25, -0.2) is 8.42 Å². The minimum atomic E-state index is -3.62. The van der Waals surface area contributed by atoms with Crippen LogP contribution < -0.4 is 0 Å². The van der Waals surface area contributed by atoms with E-state index in [2.05, 4.69) is 27.7 Å². The van der Waals surface area contributed by atoms with Crippen LogP contribution in [0.1, 0.15) is 48.0 Å². The van der Waals surface area contributed by atoms with E-state index < -0.39 is 27.7 Å². The quantitative estimate of drug-likeness (QED) is 0.519. The predicted molar refractivity (Wildman–Crippen MR) is 128 cm³/mol. The molecule has 1 unspecified atom stereocenters. The van der Waals surface area contributed by atoms with Crippen molar-refractivity contribution in [3.05, 3.63) is 53.6 Å². The van der Waals surface area contributed by atoms with E-state index in [-0.39, 0.29) is 10.8 Å². The summed E-state index contributed by atoms with van der Waals surface area (Å²) in [7, 11) is -3.62. The second kappa shape index (κ2) is 10.4. The molecule has 6 nitrogen and oxygen atoms in total. The van der Waals surface area contributed by atoms with Crippen molar-refractivity contribution in [2.45, 2.75) is 70.7 Å². The summed E-state index contributed by atoms with van der Waals surface area (Å²) < 4.78 is 50.5. The second-order valence-electron chi connectivity index (χ2n) is 10.7. The Kier molecular flexibility index (Phi) is 8.23. The van der Waals surface area contributed by atoms with E-state index in [1.54, 1.807) is 30.3 Å². The molecule has 1 atom stereocenters. The number of benzene rings is 1. The maximum Gasteiger partial charge on any atom is 0.185 e. The number of sulfone groups is 1. The van der Waals surface area contributed by atoms with Gasteiger partial charge in [0, 0.05) is 10.8 Å². The van der Waals surface area contributed by atoms with Crippen molar-refractivity contribution in [3.63, 3.8) is 0 Å². The first-order chi connectivity index (χ1) is 15.4. The van der Waals surface area contributed by atoms with Crippen LogP contribution in [0.15, 0.2) is 58.5 Å². The molecule has 33 heavy (non-hydrogen) atoms. The molecular weight excluding hydrogens is 440 g/mol.